The average Bonchev–Trinajstić information content (AvgIpc) is 2.55. The van der Waals surface area contributed by atoms with Crippen molar-refractivity contribution < 1.29 is 20.4 Å². The fourth-order valence-electron chi connectivity index (χ4n) is 2.77. The average molecular weight is 318 g/mol. The Kier molecular flexibility index (Phi) is 14.3. The monoisotopic (exact) mass is 318 g/mol. The summed E-state index contributed by atoms with van der Waals surface area (Å²) in [5.74, 6) is 0. The summed E-state index contributed by atoms with van der Waals surface area (Å²) in [5, 5.41) is 37.8. The number of unbranched alkanes of at least 4 members (excludes halogenated alkanes) is 10. The van der Waals surface area contributed by atoms with Crippen LogP contribution in [0.2, 0.25) is 0 Å². The minimum absolute atomic E-state index is 0.390. The van der Waals surface area contributed by atoms with Crippen molar-refractivity contribution in [1.82, 2.24) is 0 Å². The molecule has 0 fully saturated rings. The molecule has 0 aromatic heterocycles. The number of hydrogen-bond donors (Lipinski definition) is 4. The third-order valence-electron chi connectivity index (χ3n) is 4.73. The van der Waals surface area contributed by atoms with Crippen molar-refractivity contribution in [3.05, 3.63) is 0 Å². The molecule has 1 unspecified atom stereocenters. The molecule has 0 radical (unpaired) electrons. The molecule has 4 nitrogen and oxygen atoms in total. The van der Waals surface area contributed by atoms with Gasteiger partial charge in [0.25, 0.3) is 0 Å². The summed E-state index contributed by atoms with van der Waals surface area (Å²) in [5.41, 5.74) is -1.15. The molecule has 0 aliphatic rings. The SMILES string of the molecule is CCCCCCCCCCCCCC(O)C(CO)(CO)CO. The van der Waals surface area contributed by atoms with Gasteiger partial charge in [-0.3, -0.25) is 0 Å². The third kappa shape index (κ3) is 9.09. The molecule has 4 N–H and O–H groups in total. The number of hydrogen-bond acceptors (Lipinski definition) is 4. The highest BCUT2D eigenvalue weighted by molar-refractivity contribution is 4.84. The van der Waals surface area contributed by atoms with Crippen molar-refractivity contribution in [3.63, 3.8) is 0 Å². The maximum absolute atomic E-state index is 10.0. The molecule has 0 saturated heterocycles. The largest absolute Gasteiger partial charge is 0.396 e. The lowest BCUT2D eigenvalue weighted by Crippen LogP contribution is -2.45. The van der Waals surface area contributed by atoms with E-state index in [1.54, 1.807) is 0 Å². The lowest BCUT2D eigenvalue weighted by Gasteiger charge is -2.32. The van der Waals surface area contributed by atoms with Crippen molar-refractivity contribution in [1.29, 1.82) is 0 Å². The van der Waals surface area contributed by atoms with Gasteiger partial charge in [0.2, 0.25) is 0 Å². The van der Waals surface area contributed by atoms with Gasteiger partial charge in [-0.05, 0) is 6.42 Å². The van der Waals surface area contributed by atoms with Crippen LogP contribution < -0.4 is 0 Å². The molecule has 0 amide bonds. The van der Waals surface area contributed by atoms with Gasteiger partial charge in [0, 0.05) is 0 Å². The maximum Gasteiger partial charge on any atom is 0.0662 e. The van der Waals surface area contributed by atoms with Crippen LogP contribution in [0.5, 0.6) is 0 Å². The molecule has 134 valence electrons. The molecule has 0 aromatic carbocycles. The van der Waals surface area contributed by atoms with Gasteiger partial charge >= 0.3 is 0 Å². The van der Waals surface area contributed by atoms with E-state index in [1.807, 2.05) is 0 Å². The minimum Gasteiger partial charge on any atom is -0.396 e. The van der Waals surface area contributed by atoms with Gasteiger partial charge in [0.1, 0.15) is 0 Å². The molecule has 0 aliphatic heterocycles. The van der Waals surface area contributed by atoms with Crippen LogP contribution in [-0.2, 0) is 0 Å². The molecule has 0 bridgehead atoms. The second-order valence-corrected chi connectivity index (χ2v) is 6.68. The van der Waals surface area contributed by atoms with Crippen LogP contribution >= 0.6 is 0 Å². The summed E-state index contributed by atoms with van der Waals surface area (Å²) in [6.07, 6.45) is 13.4. The van der Waals surface area contributed by atoms with Crippen LogP contribution in [0.4, 0.5) is 0 Å². The van der Waals surface area contributed by atoms with E-state index in [2.05, 4.69) is 6.92 Å². The summed E-state index contributed by atoms with van der Waals surface area (Å²) < 4.78 is 0. The zero-order valence-corrected chi connectivity index (χ0v) is 14.5. The molecular weight excluding hydrogens is 280 g/mol. The van der Waals surface area contributed by atoms with Crippen molar-refractivity contribution in [2.45, 2.75) is 90.1 Å². The summed E-state index contributed by atoms with van der Waals surface area (Å²) in [6, 6.07) is 0. The minimum atomic E-state index is -1.15. The van der Waals surface area contributed by atoms with Gasteiger partial charge < -0.3 is 20.4 Å². The molecule has 0 aliphatic carbocycles. The Morgan fingerprint density at radius 1 is 0.636 bits per heavy atom. The van der Waals surface area contributed by atoms with E-state index in [0.717, 1.165) is 12.8 Å². The van der Waals surface area contributed by atoms with Crippen molar-refractivity contribution in [2.75, 3.05) is 19.8 Å². The van der Waals surface area contributed by atoms with E-state index < -0.39 is 11.5 Å². The first-order valence-electron chi connectivity index (χ1n) is 9.17. The van der Waals surface area contributed by atoms with Gasteiger partial charge in [-0.15, -0.1) is 0 Å². The summed E-state index contributed by atoms with van der Waals surface area (Å²) in [6.45, 7) is 1.07. The first kappa shape index (κ1) is 21.8. The normalized spacial score (nSPS) is 13.5. The molecule has 0 heterocycles. The smallest absolute Gasteiger partial charge is 0.0662 e. The predicted molar refractivity (Wildman–Crippen MR) is 90.8 cm³/mol. The summed E-state index contributed by atoms with van der Waals surface area (Å²) in [7, 11) is 0. The van der Waals surface area contributed by atoms with Crippen molar-refractivity contribution in [3.8, 4) is 0 Å². The van der Waals surface area contributed by atoms with E-state index in [0.29, 0.717) is 6.42 Å². The molecule has 22 heavy (non-hydrogen) atoms. The second kappa shape index (κ2) is 14.4. The summed E-state index contributed by atoms with van der Waals surface area (Å²) >= 11 is 0. The number of rotatable bonds is 16. The standard InChI is InChI=1S/C18H38O4/c1-2-3-4-5-6-7-8-9-10-11-12-13-17(22)18(14-19,15-20)16-21/h17,19-22H,2-16H2,1H3. The molecule has 0 spiro atoms. The Hall–Kier alpha value is -0.160. The van der Waals surface area contributed by atoms with Crippen LogP contribution in [0.1, 0.15) is 84.0 Å². The number of aliphatic hydroxyl groups is 4. The fourth-order valence-corrected chi connectivity index (χ4v) is 2.77. The van der Waals surface area contributed by atoms with E-state index in [-0.39, 0.29) is 19.8 Å². The number of aliphatic hydroxyl groups excluding tert-OH is 4. The van der Waals surface area contributed by atoms with Crippen molar-refractivity contribution in [2.24, 2.45) is 5.41 Å². The quantitative estimate of drug-likeness (QED) is 0.330. The fraction of sp³-hybridized carbons (Fsp3) is 1.00. The molecular formula is C18H38O4. The zero-order chi connectivity index (χ0) is 16.7. The first-order chi connectivity index (χ1) is 10.7. The van der Waals surface area contributed by atoms with Crippen molar-refractivity contribution >= 4 is 0 Å². The molecule has 0 aromatic rings. The Labute approximate surface area is 136 Å². The molecule has 1 atom stereocenters. The van der Waals surface area contributed by atoms with Gasteiger partial charge in [0.15, 0.2) is 0 Å². The Balaban J connectivity index is 3.49. The Morgan fingerprint density at radius 2 is 1.00 bits per heavy atom. The molecule has 0 saturated carbocycles. The highest BCUT2D eigenvalue weighted by Crippen LogP contribution is 2.24. The Morgan fingerprint density at radius 3 is 1.36 bits per heavy atom. The third-order valence-corrected chi connectivity index (χ3v) is 4.73. The summed E-state index contributed by atoms with van der Waals surface area (Å²) in [4.78, 5) is 0. The van der Waals surface area contributed by atoms with Gasteiger partial charge in [-0.2, -0.15) is 0 Å². The maximum atomic E-state index is 10.0. The van der Waals surface area contributed by atoms with Gasteiger partial charge in [-0.1, -0.05) is 77.6 Å². The highest BCUT2D eigenvalue weighted by atomic mass is 16.3. The Bertz CT molecular complexity index is 221. The van der Waals surface area contributed by atoms with Gasteiger partial charge in [-0.25, -0.2) is 0 Å². The van der Waals surface area contributed by atoms with E-state index in [4.69, 9.17) is 0 Å². The van der Waals surface area contributed by atoms with E-state index in [9.17, 15) is 20.4 Å². The van der Waals surface area contributed by atoms with Crippen LogP contribution in [0.25, 0.3) is 0 Å². The highest BCUT2D eigenvalue weighted by Gasteiger charge is 2.35. The van der Waals surface area contributed by atoms with Crippen LogP contribution in [0.3, 0.4) is 0 Å². The second-order valence-electron chi connectivity index (χ2n) is 6.68. The van der Waals surface area contributed by atoms with Gasteiger partial charge in [0.05, 0.1) is 31.3 Å². The zero-order valence-electron chi connectivity index (χ0n) is 14.5. The van der Waals surface area contributed by atoms with Crippen LogP contribution in [-0.4, -0.2) is 46.4 Å². The van der Waals surface area contributed by atoms with E-state index >= 15 is 0 Å². The predicted octanol–water partition coefficient (Wildman–Crippen LogP) is 3.01. The lowest BCUT2D eigenvalue weighted by molar-refractivity contribution is -0.0863. The molecule has 0 rings (SSSR count). The lowest BCUT2D eigenvalue weighted by atomic mass is 9.82. The van der Waals surface area contributed by atoms with Crippen LogP contribution in [0.15, 0.2) is 0 Å². The first-order valence-corrected chi connectivity index (χ1v) is 9.17. The molecule has 4 heteroatoms. The van der Waals surface area contributed by atoms with E-state index in [1.165, 1.54) is 57.8 Å². The van der Waals surface area contributed by atoms with Crippen LogP contribution in [0, 0.1) is 5.41 Å². The topological polar surface area (TPSA) is 80.9 Å².